The maximum absolute atomic E-state index is 10.3. The third-order valence-corrected chi connectivity index (χ3v) is 3.58. The molecule has 5 nitrogen and oxygen atoms in total. The van der Waals surface area contributed by atoms with Gasteiger partial charge in [0.05, 0.1) is 11.3 Å². The monoisotopic (exact) mass is 258 g/mol. The highest BCUT2D eigenvalue weighted by Crippen LogP contribution is 2.33. The Morgan fingerprint density at radius 3 is 2.84 bits per heavy atom. The van der Waals surface area contributed by atoms with Crippen molar-refractivity contribution in [3.8, 4) is 17.1 Å². The molecule has 0 saturated carbocycles. The highest BCUT2D eigenvalue weighted by molar-refractivity contribution is 5.68. The number of H-pyrrole nitrogens is 1. The van der Waals surface area contributed by atoms with Crippen molar-refractivity contribution in [2.75, 3.05) is 13.1 Å². The van der Waals surface area contributed by atoms with Crippen molar-refractivity contribution in [1.82, 2.24) is 19.9 Å². The molecule has 3 rings (SSSR count). The number of rotatable bonds is 3. The molecule has 2 aromatic rings. The lowest BCUT2D eigenvalue weighted by atomic mass is 10.00. The average Bonchev–Trinajstić information content (AvgIpc) is 2.85. The molecule has 1 fully saturated rings. The molecule has 0 unspecified atom stereocenters. The molecule has 0 aromatic carbocycles. The maximum Gasteiger partial charge on any atom is 0.148 e. The molecule has 2 N–H and O–H groups in total. The van der Waals surface area contributed by atoms with Gasteiger partial charge in [-0.25, -0.2) is 4.98 Å². The summed E-state index contributed by atoms with van der Waals surface area (Å²) in [6.07, 6.45) is 5.30. The van der Waals surface area contributed by atoms with Crippen LogP contribution in [0.1, 0.15) is 18.2 Å². The van der Waals surface area contributed by atoms with Crippen molar-refractivity contribution in [3.05, 3.63) is 29.8 Å². The van der Waals surface area contributed by atoms with Crippen LogP contribution in [0.3, 0.4) is 0 Å². The van der Waals surface area contributed by atoms with Gasteiger partial charge in [0.1, 0.15) is 11.6 Å². The third kappa shape index (κ3) is 2.21. The lowest BCUT2D eigenvalue weighted by Crippen LogP contribution is -2.44. The van der Waals surface area contributed by atoms with Crippen LogP contribution in [0.4, 0.5) is 0 Å². The molecule has 100 valence electrons. The number of imidazole rings is 1. The van der Waals surface area contributed by atoms with Crippen molar-refractivity contribution in [3.63, 3.8) is 0 Å². The molecule has 1 aliphatic heterocycles. The van der Waals surface area contributed by atoms with Crippen molar-refractivity contribution < 1.29 is 5.11 Å². The number of aryl methyl sites for hydroxylation is 1. The summed E-state index contributed by atoms with van der Waals surface area (Å²) in [6, 6.07) is 0. The molecule has 0 bridgehead atoms. The van der Waals surface area contributed by atoms with Crippen LogP contribution in [-0.2, 0) is 6.54 Å². The first-order valence-corrected chi connectivity index (χ1v) is 6.54. The highest BCUT2D eigenvalue weighted by Gasteiger charge is 2.25. The van der Waals surface area contributed by atoms with Crippen LogP contribution in [0.15, 0.2) is 18.6 Å². The second kappa shape index (κ2) is 4.66. The fourth-order valence-electron chi connectivity index (χ4n) is 2.62. The Kier molecular flexibility index (Phi) is 2.98. The van der Waals surface area contributed by atoms with Gasteiger partial charge in [-0.05, 0) is 18.4 Å². The number of pyridine rings is 1. The summed E-state index contributed by atoms with van der Waals surface area (Å²) in [7, 11) is 0. The Morgan fingerprint density at radius 2 is 2.21 bits per heavy atom. The number of likely N-dealkylation sites (tertiary alicyclic amines) is 1. The number of hydrogen-bond donors (Lipinski definition) is 2. The zero-order chi connectivity index (χ0) is 13.4. The normalized spacial score (nSPS) is 16.5. The van der Waals surface area contributed by atoms with E-state index in [9.17, 15) is 5.11 Å². The topological polar surface area (TPSA) is 65.0 Å². The van der Waals surface area contributed by atoms with Crippen LogP contribution < -0.4 is 0 Å². The summed E-state index contributed by atoms with van der Waals surface area (Å²) in [5.74, 6) is 1.69. The number of nitrogens with zero attached hydrogens (tertiary/aromatic N) is 3. The standard InChI is InChI=1S/C14H18N4O/c1-9-6-18(7-9)8-11-5-17-10(2)13(19)12(11)14-15-3-4-16-14/h3-5,9,19H,6-8H2,1-2H3,(H,15,16). The van der Waals surface area contributed by atoms with E-state index in [-0.39, 0.29) is 5.75 Å². The molecule has 5 heteroatoms. The molecule has 19 heavy (non-hydrogen) atoms. The van der Waals surface area contributed by atoms with Gasteiger partial charge in [-0.15, -0.1) is 0 Å². The van der Waals surface area contributed by atoms with E-state index >= 15 is 0 Å². The van der Waals surface area contributed by atoms with Crippen LogP contribution in [0.2, 0.25) is 0 Å². The Labute approximate surface area is 112 Å². The van der Waals surface area contributed by atoms with Gasteiger partial charge in [-0.2, -0.15) is 0 Å². The largest absolute Gasteiger partial charge is 0.505 e. The first-order valence-electron chi connectivity index (χ1n) is 6.54. The molecule has 1 saturated heterocycles. The molecular formula is C14H18N4O. The number of nitrogens with one attached hydrogen (secondary N) is 1. The van der Waals surface area contributed by atoms with Crippen molar-refractivity contribution in [2.24, 2.45) is 5.92 Å². The van der Waals surface area contributed by atoms with Crippen LogP contribution >= 0.6 is 0 Å². The molecule has 2 aromatic heterocycles. The number of aromatic nitrogens is 3. The van der Waals surface area contributed by atoms with Gasteiger partial charge >= 0.3 is 0 Å². The van der Waals surface area contributed by atoms with E-state index in [4.69, 9.17) is 0 Å². The highest BCUT2D eigenvalue weighted by atomic mass is 16.3. The van der Waals surface area contributed by atoms with Gasteiger partial charge in [0, 0.05) is 38.2 Å². The Hall–Kier alpha value is -1.88. The van der Waals surface area contributed by atoms with E-state index in [1.54, 1.807) is 19.3 Å². The average molecular weight is 258 g/mol. The third-order valence-electron chi connectivity index (χ3n) is 3.58. The van der Waals surface area contributed by atoms with Gasteiger partial charge in [-0.3, -0.25) is 9.88 Å². The predicted octanol–water partition coefficient (Wildman–Crippen LogP) is 1.94. The zero-order valence-corrected chi connectivity index (χ0v) is 11.2. The second-order valence-corrected chi connectivity index (χ2v) is 5.33. The Balaban J connectivity index is 1.97. The van der Waals surface area contributed by atoms with E-state index in [1.165, 1.54) is 0 Å². The predicted molar refractivity (Wildman–Crippen MR) is 72.7 cm³/mol. The molecule has 0 spiro atoms. The molecule has 0 radical (unpaired) electrons. The van der Waals surface area contributed by atoms with Crippen LogP contribution in [-0.4, -0.2) is 38.0 Å². The molecule has 0 atom stereocenters. The second-order valence-electron chi connectivity index (χ2n) is 5.33. The van der Waals surface area contributed by atoms with Crippen LogP contribution in [0.25, 0.3) is 11.4 Å². The van der Waals surface area contributed by atoms with Crippen molar-refractivity contribution in [1.29, 1.82) is 0 Å². The maximum atomic E-state index is 10.3. The molecular weight excluding hydrogens is 240 g/mol. The molecule has 1 aliphatic rings. The van der Waals surface area contributed by atoms with Crippen molar-refractivity contribution in [2.45, 2.75) is 20.4 Å². The SMILES string of the molecule is Cc1ncc(CN2CC(C)C2)c(-c2ncc[nH]2)c1O. The van der Waals surface area contributed by atoms with Gasteiger partial charge < -0.3 is 10.1 Å². The molecule has 0 amide bonds. The zero-order valence-electron chi connectivity index (χ0n) is 11.2. The van der Waals surface area contributed by atoms with E-state index in [0.29, 0.717) is 11.5 Å². The van der Waals surface area contributed by atoms with Gasteiger partial charge in [0.2, 0.25) is 0 Å². The fourth-order valence-corrected chi connectivity index (χ4v) is 2.62. The fraction of sp³-hybridized carbons (Fsp3) is 0.429. The van der Waals surface area contributed by atoms with Crippen LogP contribution in [0, 0.1) is 12.8 Å². The summed E-state index contributed by atoms with van der Waals surface area (Å²) in [6.45, 7) is 7.06. The molecule has 3 heterocycles. The minimum absolute atomic E-state index is 0.223. The first-order chi connectivity index (χ1) is 9.15. The summed E-state index contributed by atoms with van der Waals surface area (Å²) < 4.78 is 0. The number of aromatic amines is 1. The van der Waals surface area contributed by atoms with Crippen LogP contribution in [0.5, 0.6) is 5.75 Å². The summed E-state index contributed by atoms with van der Waals surface area (Å²) in [4.78, 5) is 13.9. The Bertz CT molecular complexity index is 573. The van der Waals surface area contributed by atoms with Gasteiger partial charge in [0.15, 0.2) is 0 Å². The number of hydrogen-bond acceptors (Lipinski definition) is 4. The van der Waals surface area contributed by atoms with E-state index in [0.717, 1.165) is 36.7 Å². The molecule has 0 aliphatic carbocycles. The van der Waals surface area contributed by atoms with Gasteiger partial charge in [-0.1, -0.05) is 6.92 Å². The lowest BCUT2D eigenvalue weighted by Gasteiger charge is -2.37. The minimum Gasteiger partial charge on any atom is -0.505 e. The summed E-state index contributed by atoms with van der Waals surface area (Å²) in [5, 5.41) is 10.3. The Morgan fingerprint density at radius 1 is 1.42 bits per heavy atom. The number of aromatic hydroxyl groups is 1. The van der Waals surface area contributed by atoms with Crippen molar-refractivity contribution >= 4 is 0 Å². The smallest absolute Gasteiger partial charge is 0.148 e. The first kappa shape index (κ1) is 12.2. The minimum atomic E-state index is 0.223. The van der Waals surface area contributed by atoms with Gasteiger partial charge in [0.25, 0.3) is 0 Å². The summed E-state index contributed by atoms with van der Waals surface area (Å²) >= 11 is 0. The quantitative estimate of drug-likeness (QED) is 0.883. The summed E-state index contributed by atoms with van der Waals surface area (Å²) in [5.41, 5.74) is 2.43. The van der Waals surface area contributed by atoms with E-state index in [2.05, 4.69) is 26.8 Å². The van der Waals surface area contributed by atoms with E-state index in [1.807, 2.05) is 6.20 Å². The van der Waals surface area contributed by atoms with E-state index < -0.39 is 0 Å². The lowest BCUT2D eigenvalue weighted by molar-refractivity contribution is 0.105.